The van der Waals surface area contributed by atoms with E-state index in [-0.39, 0.29) is 5.91 Å². The molecule has 0 aliphatic carbocycles. The van der Waals surface area contributed by atoms with E-state index in [2.05, 4.69) is 22.0 Å². The topological polar surface area (TPSA) is 54.9 Å². The maximum Gasteiger partial charge on any atom is 0.253 e. The van der Waals surface area contributed by atoms with Gasteiger partial charge in [-0.3, -0.25) is 14.7 Å². The molecule has 0 bridgehead atoms. The molecule has 164 valence electrons. The second kappa shape index (κ2) is 7.83. The number of ether oxygens (including phenoxy) is 2. The second-order valence-electron chi connectivity index (χ2n) is 9.65. The van der Waals surface area contributed by atoms with Gasteiger partial charge in [0.25, 0.3) is 5.91 Å². The molecule has 1 amide bonds. The molecule has 1 aromatic heterocycles. The maximum absolute atomic E-state index is 12.7. The minimum Gasteiger partial charge on any atom is -0.449 e. The number of para-hydroxylation sites is 1. The summed E-state index contributed by atoms with van der Waals surface area (Å²) in [5.74, 6) is 1.29. The molecule has 6 nitrogen and oxygen atoms in total. The van der Waals surface area contributed by atoms with Crippen LogP contribution in [-0.4, -0.2) is 52.7 Å². The van der Waals surface area contributed by atoms with E-state index in [1.165, 1.54) is 18.4 Å². The molecular formula is C25H31N3O3. The zero-order chi connectivity index (χ0) is 21.5. The molecule has 0 unspecified atom stereocenters. The van der Waals surface area contributed by atoms with Crippen molar-refractivity contribution in [1.29, 1.82) is 0 Å². The Hall–Kier alpha value is -2.60. The number of hydrogen-bond donors (Lipinski definition) is 0. The fourth-order valence-electron chi connectivity index (χ4n) is 5.20. The minimum atomic E-state index is -0.591. The smallest absolute Gasteiger partial charge is 0.253 e. The quantitative estimate of drug-likeness (QED) is 0.747. The molecule has 31 heavy (non-hydrogen) atoms. The molecule has 3 aliphatic heterocycles. The third-order valence-electron chi connectivity index (χ3n) is 7.11. The molecule has 1 aromatic carbocycles. The van der Waals surface area contributed by atoms with Crippen LogP contribution in [0.3, 0.4) is 0 Å². The lowest BCUT2D eigenvalue weighted by atomic mass is 9.71. The molecule has 3 aliphatic rings. The van der Waals surface area contributed by atoms with E-state index in [1.54, 1.807) is 24.5 Å². The molecule has 0 saturated carbocycles. The number of likely N-dealkylation sites (tertiary alicyclic amines) is 2. The van der Waals surface area contributed by atoms with E-state index >= 15 is 0 Å². The number of nitrogens with zero attached hydrogens (tertiary/aromatic N) is 3. The van der Waals surface area contributed by atoms with Gasteiger partial charge in [0.2, 0.25) is 5.79 Å². The number of benzene rings is 1. The van der Waals surface area contributed by atoms with Gasteiger partial charge in [0.05, 0.1) is 0 Å². The predicted molar refractivity (Wildman–Crippen MR) is 118 cm³/mol. The zero-order valence-electron chi connectivity index (χ0n) is 18.5. The number of hydrogen-bond acceptors (Lipinski definition) is 5. The van der Waals surface area contributed by atoms with Crippen molar-refractivity contribution in [3.63, 3.8) is 0 Å². The average molecular weight is 422 g/mol. The lowest BCUT2D eigenvalue weighted by Crippen LogP contribution is -2.48. The Balaban J connectivity index is 1.16. The third-order valence-corrected chi connectivity index (χ3v) is 7.11. The van der Waals surface area contributed by atoms with Crippen molar-refractivity contribution in [2.24, 2.45) is 5.41 Å². The predicted octanol–water partition coefficient (Wildman–Crippen LogP) is 4.11. The number of fused-ring (bicyclic) bond motifs is 1. The van der Waals surface area contributed by atoms with Crippen molar-refractivity contribution >= 4 is 5.91 Å². The van der Waals surface area contributed by atoms with Crippen molar-refractivity contribution in [2.45, 2.75) is 51.9 Å². The SMILES string of the molecule is CC1(C)Oc2cccc(CN3CCC4(CC3)CCN(C(=O)c3ccncc3)CC4)c2O1. The van der Waals surface area contributed by atoms with Gasteiger partial charge < -0.3 is 14.4 Å². The Bertz CT molecular complexity index is 942. The van der Waals surface area contributed by atoms with Crippen LogP contribution >= 0.6 is 0 Å². The van der Waals surface area contributed by atoms with Gasteiger partial charge in [-0.2, -0.15) is 0 Å². The van der Waals surface area contributed by atoms with Crippen LogP contribution in [0.5, 0.6) is 11.5 Å². The molecule has 2 aromatic rings. The van der Waals surface area contributed by atoms with E-state index in [1.807, 2.05) is 24.8 Å². The van der Waals surface area contributed by atoms with E-state index in [9.17, 15) is 4.79 Å². The first kappa shape index (κ1) is 20.3. The van der Waals surface area contributed by atoms with Gasteiger partial charge >= 0.3 is 0 Å². The number of rotatable bonds is 3. The standard InChI is InChI=1S/C25H31N3O3/c1-24(2)30-21-5-3-4-20(22(21)31-24)18-27-14-8-25(9-15-27)10-16-28(17-11-25)23(29)19-6-12-26-13-7-19/h3-7,12-13H,8-11,14-18H2,1-2H3. The van der Waals surface area contributed by atoms with Gasteiger partial charge in [-0.05, 0) is 62.4 Å². The average Bonchev–Trinajstić information content (AvgIpc) is 3.11. The van der Waals surface area contributed by atoms with Gasteiger partial charge in [-0.15, -0.1) is 0 Å². The van der Waals surface area contributed by atoms with E-state index < -0.39 is 5.79 Å². The summed E-state index contributed by atoms with van der Waals surface area (Å²) >= 11 is 0. The molecule has 1 spiro atoms. The number of carbonyl (C=O) groups excluding carboxylic acids is 1. The fourth-order valence-corrected chi connectivity index (χ4v) is 5.20. The number of amides is 1. The molecule has 0 N–H and O–H groups in total. The van der Waals surface area contributed by atoms with Gasteiger partial charge in [0, 0.05) is 57.0 Å². The number of piperidine rings is 2. The van der Waals surface area contributed by atoms with Crippen molar-refractivity contribution < 1.29 is 14.3 Å². The third kappa shape index (κ3) is 4.13. The minimum absolute atomic E-state index is 0.137. The van der Waals surface area contributed by atoms with Crippen molar-refractivity contribution in [3.8, 4) is 11.5 Å². The van der Waals surface area contributed by atoms with Crippen LogP contribution < -0.4 is 9.47 Å². The van der Waals surface area contributed by atoms with E-state index in [4.69, 9.17) is 9.47 Å². The summed E-state index contributed by atoms with van der Waals surface area (Å²) in [6, 6.07) is 9.81. The molecule has 4 heterocycles. The first-order valence-corrected chi connectivity index (χ1v) is 11.3. The second-order valence-corrected chi connectivity index (χ2v) is 9.65. The molecule has 0 atom stereocenters. The fraction of sp³-hybridized carbons (Fsp3) is 0.520. The van der Waals surface area contributed by atoms with Crippen LogP contribution in [0.1, 0.15) is 55.5 Å². The molecule has 5 rings (SSSR count). The Morgan fingerprint density at radius 3 is 2.35 bits per heavy atom. The zero-order valence-corrected chi connectivity index (χ0v) is 18.5. The Labute approximate surface area is 184 Å². The molecule has 0 radical (unpaired) electrons. The van der Waals surface area contributed by atoms with Crippen molar-refractivity contribution in [1.82, 2.24) is 14.8 Å². The van der Waals surface area contributed by atoms with Gasteiger partial charge in [-0.1, -0.05) is 12.1 Å². The molecule has 2 fully saturated rings. The summed E-state index contributed by atoms with van der Waals surface area (Å²) < 4.78 is 12.0. The monoisotopic (exact) mass is 421 g/mol. The maximum atomic E-state index is 12.7. The van der Waals surface area contributed by atoms with Crippen LogP contribution in [0.4, 0.5) is 0 Å². The first-order valence-electron chi connectivity index (χ1n) is 11.3. The van der Waals surface area contributed by atoms with E-state index in [0.29, 0.717) is 5.41 Å². The lowest BCUT2D eigenvalue weighted by Gasteiger charge is -2.47. The number of carbonyl (C=O) groups is 1. The summed E-state index contributed by atoms with van der Waals surface area (Å²) in [7, 11) is 0. The highest BCUT2D eigenvalue weighted by molar-refractivity contribution is 5.94. The van der Waals surface area contributed by atoms with Gasteiger partial charge in [0.15, 0.2) is 11.5 Å². The molecular weight excluding hydrogens is 390 g/mol. The Morgan fingerprint density at radius 1 is 0.968 bits per heavy atom. The van der Waals surface area contributed by atoms with Gasteiger partial charge in [0.1, 0.15) is 0 Å². The Morgan fingerprint density at radius 2 is 1.65 bits per heavy atom. The van der Waals surface area contributed by atoms with E-state index in [0.717, 1.165) is 62.6 Å². The molecule has 2 saturated heterocycles. The summed E-state index contributed by atoms with van der Waals surface area (Å²) in [5, 5.41) is 0. The van der Waals surface area contributed by atoms with Gasteiger partial charge in [-0.25, -0.2) is 0 Å². The van der Waals surface area contributed by atoms with Crippen LogP contribution in [0.2, 0.25) is 0 Å². The van der Waals surface area contributed by atoms with Crippen LogP contribution in [-0.2, 0) is 6.54 Å². The largest absolute Gasteiger partial charge is 0.449 e. The number of pyridine rings is 1. The van der Waals surface area contributed by atoms with Crippen LogP contribution in [0.25, 0.3) is 0 Å². The normalized spacial score (nSPS) is 21.9. The number of aromatic nitrogens is 1. The Kier molecular flexibility index (Phi) is 5.13. The lowest BCUT2D eigenvalue weighted by molar-refractivity contribution is -0.0438. The van der Waals surface area contributed by atoms with Crippen molar-refractivity contribution in [2.75, 3.05) is 26.2 Å². The molecule has 6 heteroatoms. The van der Waals surface area contributed by atoms with Crippen LogP contribution in [0, 0.1) is 5.41 Å². The highest BCUT2D eigenvalue weighted by Crippen LogP contribution is 2.44. The highest BCUT2D eigenvalue weighted by atomic mass is 16.7. The summed E-state index contributed by atoms with van der Waals surface area (Å²) in [6.07, 6.45) is 7.97. The summed E-state index contributed by atoms with van der Waals surface area (Å²) in [6.45, 7) is 8.69. The first-order chi connectivity index (χ1) is 14.9. The summed E-state index contributed by atoms with van der Waals surface area (Å²) in [4.78, 5) is 21.3. The van der Waals surface area contributed by atoms with Crippen molar-refractivity contribution in [3.05, 3.63) is 53.9 Å². The summed E-state index contributed by atoms with van der Waals surface area (Å²) in [5.41, 5.74) is 2.33. The van der Waals surface area contributed by atoms with Crippen LogP contribution in [0.15, 0.2) is 42.7 Å². The highest BCUT2D eigenvalue weighted by Gasteiger charge is 2.39.